The number of anilines is 3. The lowest BCUT2D eigenvalue weighted by Crippen LogP contribution is -2.58. The van der Waals surface area contributed by atoms with E-state index in [1.807, 2.05) is 56.3 Å². The summed E-state index contributed by atoms with van der Waals surface area (Å²) in [5.41, 5.74) is 1.71. The smallest absolute Gasteiger partial charge is 0.299 e. The number of hydrogen-bond donors (Lipinski definition) is 1. The molecule has 196 valence electrons. The van der Waals surface area contributed by atoms with Crippen molar-refractivity contribution in [3.63, 3.8) is 0 Å². The van der Waals surface area contributed by atoms with E-state index in [9.17, 15) is 19.2 Å². The third-order valence-electron chi connectivity index (χ3n) is 6.95. The minimum absolute atomic E-state index is 0.0988. The van der Waals surface area contributed by atoms with Crippen molar-refractivity contribution in [2.75, 3.05) is 35.8 Å². The number of benzene rings is 2. The Morgan fingerprint density at radius 1 is 1.00 bits per heavy atom. The number of amides is 3. The summed E-state index contributed by atoms with van der Waals surface area (Å²) in [4.78, 5) is 61.6. The molecule has 1 unspecified atom stereocenters. The zero-order valence-electron chi connectivity index (χ0n) is 22.0. The van der Waals surface area contributed by atoms with Crippen LogP contribution in [0.5, 0.6) is 0 Å². The Morgan fingerprint density at radius 3 is 2.34 bits per heavy atom. The summed E-state index contributed by atoms with van der Waals surface area (Å²) < 4.78 is 0. The van der Waals surface area contributed by atoms with Crippen LogP contribution < -0.4 is 15.1 Å². The average molecular weight is 514 g/mol. The summed E-state index contributed by atoms with van der Waals surface area (Å²) in [6.07, 6.45) is 3.57. The van der Waals surface area contributed by atoms with Gasteiger partial charge >= 0.3 is 0 Å². The van der Waals surface area contributed by atoms with Gasteiger partial charge in [0.05, 0.1) is 11.3 Å². The van der Waals surface area contributed by atoms with Gasteiger partial charge in [-0.25, -0.2) is 0 Å². The van der Waals surface area contributed by atoms with Crippen LogP contribution in [0.2, 0.25) is 0 Å². The molecule has 38 heavy (non-hydrogen) atoms. The summed E-state index contributed by atoms with van der Waals surface area (Å²) in [5, 5.41) is 2.94. The normalized spacial score (nSPS) is 14.1. The van der Waals surface area contributed by atoms with Gasteiger partial charge in [-0.05, 0) is 61.4 Å². The Balaban J connectivity index is 1.64. The van der Waals surface area contributed by atoms with E-state index in [2.05, 4.69) is 10.3 Å². The third-order valence-corrected chi connectivity index (χ3v) is 6.95. The molecule has 4 rings (SSSR count). The number of carbonyl (C=O) groups excluding carboxylic acids is 4. The van der Waals surface area contributed by atoms with Crippen LogP contribution >= 0.6 is 0 Å². The number of pyridine rings is 1. The first-order valence-corrected chi connectivity index (χ1v) is 12.4. The molecule has 3 aromatic rings. The lowest BCUT2D eigenvalue weighted by atomic mass is 9.93. The highest BCUT2D eigenvalue weighted by molar-refractivity contribution is 6.52. The number of hydrogen-bond acceptors (Lipinski definition) is 6. The predicted molar refractivity (Wildman–Crippen MR) is 146 cm³/mol. The highest BCUT2D eigenvalue weighted by Crippen LogP contribution is 2.30. The predicted octanol–water partition coefficient (Wildman–Crippen LogP) is 3.51. The monoisotopic (exact) mass is 513 g/mol. The number of nitrogens with one attached hydrogen (secondary N) is 1. The van der Waals surface area contributed by atoms with Crippen LogP contribution in [-0.2, 0) is 20.9 Å². The zero-order valence-corrected chi connectivity index (χ0v) is 22.0. The molecule has 0 radical (unpaired) electrons. The van der Waals surface area contributed by atoms with Crippen LogP contribution in [0.25, 0.3) is 0 Å². The van der Waals surface area contributed by atoms with E-state index in [1.54, 1.807) is 49.6 Å². The van der Waals surface area contributed by atoms with Crippen LogP contribution in [0, 0.1) is 0 Å². The van der Waals surface area contributed by atoms with Gasteiger partial charge in [-0.15, -0.1) is 0 Å². The van der Waals surface area contributed by atoms with Crippen molar-refractivity contribution in [1.82, 2.24) is 9.88 Å². The van der Waals surface area contributed by atoms with Crippen LogP contribution in [0.3, 0.4) is 0 Å². The molecule has 2 aromatic carbocycles. The Kier molecular flexibility index (Phi) is 7.57. The van der Waals surface area contributed by atoms with Crippen LogP contribution in [0.1, 0.15) is 36.2 Å². The van der Waals surface area contributed by atoms with E-state index in [4.69, 9.17) is 0 Å². The van der Waals surface area contributed by atoms with E-state index < -0.39 is 23.1 Å². The standard InChI is InChI=1S/C29H31N5O4/c1-5-29(2,28(38)31-21-12-14-22(15-13-21)32(3)4)34(18-20-9-8-16-30-17-20)25(35)19-33-24-11-7-6-10-23(24)26(36)27(33)37/h6-17H,5,18-19H2,1-4H3,(H,31,38). The van der Waals surface area contributed by atoms with Gasteiger partial charge in [0, 0.05) is 44.4 Å². The lowest BCUT2D eigenvalue weighted by Gasteiger charge is -2.40. The molecule has 0 fully saturated rings. The molecule has 1 aromatic heterocycles. The quantitative estimate of drug-likeness (QED) is 0.439. The molecule has 1 atom stereocenters. The molecule has 3 amide bonds. The Hall–Kier alpha value is -4.53. The number of rotatable bonds is 9. The molecule has 0 saturated carbocycles. The lowest BCUT2D eigenvalue weighted by molar-refractivity contribution is -0.145. The van der Waals surface area contributed by atoms with Gasteiger partial charge in [-0.2, -0.15) is 0 Å². The highest BCUT2D eigenvalue weighted by atomic mass is 16.2. The van der Waals surface area contributed by atoms with Gasteiger partial charge in [0.1, 0.15) is 12.1 Å². The molecule has 2 heterocycles. The molecule has 0 saturated heterocycles. The molecular formula is C29H31N5O4. The Labute approximate surface area is 222 Å². The molecule has 9 heteroatoms. The number of aromatic nitrogens is 1. The second-order valence-electron chi connectivity index (χ2n) is 9.60. The van der Waals surface area contributed by atoms with E-state index in [-0.39, 0.29) is 24.6 Å². The summed E-state index contributed by atoms with van der Waals surface area (Å²) in [6.45, 7) is 3.26. The summed E-state index contributed by atoms with van der Waals surface area (Å²) in [6, 6.07) is 17.6. The van der Waals surface area contributed by atoms with Crippen molar-refractivity contribution in [2.24, 2.45) is 0 Å². The molecule has 0 aliphatic carbocycles. The van der Waals surface area contributed by atoms with Crippen molar-refractivity contribution in [2.45, 2.75) is 32.4 Å². The van der Waals surface area contributed by atoms with Gasteiger partial charge in [-0.3, -0.25) is 29.1 Å². The van der Waals surface area contributed by atoms with Crippen molar-refractivity contribution in [3.8, 4) is 0 Å². The zero-order chi connectivity index (χ0) is 27.4. The van der Waals surface area contributed by atoms with E-state index in [0.717, 1.165) is 11.3 Å². The molecule has 1 aliphatic heterocycles. The van der Waals surface area contributed by atoms with Crippen LogP contribution in [-0.4, -0.2) is 59.6 Å². The number of carbonyl (C=O) groups is 4. The van der Waals surface area contributed by atoms with Crippen molar-refractivity contribution in [3.05, 3.63) is 84.2 Å². The third kappa shape index (κ3) is 5.13. The average Bonchev–Trinajstić information content (AvgIpc) is 3.17. The fourth-order valence-corrected chi connectivity index (χ4v) is 4.42. The fraction of sp³-hybridized carbons (Fsp3) is 0.276. The molecule has 1 aliphatic rings. The highest BCUT2D eigenvalue weighted by Gasteiger charge is 2.43. The van der Waals surface area contributed by atoms with Gasteiger partial charge in [0.15, 0.2) is 0 Å². The fourth-order valence-electron chi connectivity index (χ4n) is 4.42. The largest absolute Gasteiger partial charge is 0.378 e. The maximum absolute atomic E-state index is 13.9. The van der Waals surface area contributed by atoms with Gasteiger partial charge < -0.3 is 15.1 Å². The number of ketones is 1. The topological polar surface area (TPSA) is 103 Å². The Morgan fingerprint density at radius 2 is 1.71 bits per heavy atom. The van der Waals surface area contributed by atoms with Crippen molar-refractivity contribution >= 4 is 40.6 Å². The number of fused-ring (bicyclic) bond motifs is 1. The SMILES string of the molecule is CCC(C)(C(=O)Nc1ccc(N(C)C)cc1)N(Cc1cccnc1)C(=O)CN1C(=O)C(=O)c2ccccc21. The molecular weight excluding hydrogens is 482 g/mol. The minimum Gasteiger partial charge on any atom is -0.378 e. The first kappa shape index (κ1) is 26.5. The second-order valence-corrected chi connectivity index (χ2v) is 9.60. The molecule has 0 spiro atoms. The maximum atomic E-state index is 13.9. The molecule has 0 bridgehead atoms. The summed E-state index contributed by atoms with van der Waals surface area (Å²) in [5.74, 6) is -2.23. The molecule has 1 N–H and O–H groups in total. The maximum Gasteiger partial charge on any atom is 0.299 e. The Bertz CT molecular complexity index is 1360. The van der Waals surface area contributed by atoms with Crippen LogP contribution in [0.4, 0.5) is 17.1 Å². The second kappa shape index (κ2) is 10.8. The van der Waals surface area contributed by atoms with E-state index >= 15 is 0 Å². The summed E-state index contributed by atoms with van der Waals surface area (Å²) in [7, 11) is 3.86. The summed E-state index contributed by atoms with van der Waals surface area (Å²) >= 11 is 0. The van der Waals surface area contributed by atoms with Gasteiger partial charge in [0.25, 0.3) is 11.7 Å². The van der Waals surface area contributed by atoms with Crippen molar-refractivity contribution in [1.29, 1.82) is 0 Å². The number of Topliss-reactive ketones (excluding diaryl/α,β-unsaturated/α-hetero) is 1. The van der Waals surface area contributed by atoms with Crippen LogP contribution in [0.15, 0.2) is 73.1 Å². The first-order chi connectivity index (χ1) is 18.2. The molecule has 9 nitrogen and oxygen atoms in total. The van der Waals surface area contributed by atoms with Gasteiger partial charge in [-0.1, -0.05) is 25.1 Å². The first-order valence-electron chi connectivity index (χ1n) is 12.4. The number of nitrogens with zero attached hydrogens (tertiary/aromatic N) is 4. The minimum atomic E-state index is -1.26. The van der Waals surface area contributed by atoms with Gasteiger partial charge in [0.2, 0.25) is 11.8 Å². The van der Waals surface area contributed by atoms with E-state index in [1.165, 1.54) is 9.80 Å². The number of para-hydroxylation sites is 1. The van der Waals surface area contributed by atoms with E-state index in [0.29, 0.717) is 17.8 Å². The van der Waals surface area contributed by atoms with Crippen molar-refractivity contribution < 1.29 is 19.2 Å².